The summed E-state index contributed by atoms with van der Waals surface area (Å²) in [4.78, 5) is 0. The van der Waals surface area contributed by atoms with Crippen LogP contribution in [-0.2, 0) is 16.6 Å². The molecule has 0 saturated heterocycles. The molecule has 0 spiro atoms. The van der Waals surface area contributed by atoms with Gasteiger partial charge in [0.15, 0.2) is 0 Å². The summed E-state index contributed by atoms with van der Waals surface area (Å²) in [6.07, 6.45) is 3.24. The van der Waals surface area contributed by atoms with E-state index in [9.17, 15) is 12.8 Å². The molecule has 2 aromatic carbocycles. The van der Waals surface area contributed by atoms with Crippen LogP contribution in [0.4, 0.5) is 10.1 Å². The summed E-state index contributed by atoms with van der Waals surface area (Å²) in [7, 11) is -1.53. The van der Waals surface area contributed by atoms with E-state index in [1.165, 1.54) is 12.1 Å². The maximum Gasteiger partial charge on any atom is 0.229 e. The van der Waals surface area contributed by atoms with Crippen LogP contribution in [0.3, 0.4) is 0 Å². The minimum absolute atomic E-state index is 0.305. The van der Waals surface area contributed by atoms with Crippen molar-refractivity contribution in [3.8, 4) is 11.3 Å². The molecule has 0 aliphatic heterocycles. The third-order valence-corrected chi connectivity index (χ3v) is 5.33. The van der Waals surface area contributed by atoms with Gasteiger partial charge in [0.1, 0.15) is 17.2 Å². The second-order valence-electron chi connectivity index (χ2n) is 7.03. The molecule has 7 heteroatoms. The number of benzene rings is 2. The average molecular weight is 388 g/mol. The molecule has 3 aromatic rings. The van der Waals surface area contributed by atoms with Crippen LogP contribution in [-0.4, -0.2) is 21.7 Å². The van der Waals surface area contributed by atoms with E-state index < -0.39 is 10.0 Å². The smallest absolute Gasteiger partial charge is 0.229 e. The molecule has 142 valence electrons. The Hall–Kier alpha value is -2.38. The van der Waals surface area contributed by atoms with E-state index in [1.807, 2.05) is 13.1 Å². The van der Waals surface area contributed by atoms with E-state index in [2.05, 4.69) is 10.0 Å². The average Bonchev–Trinajstić information content (AvgIpc) is 3.38. The fourth-order valence-corrected chi connectivity index (χ4v) is 3.99. The lowest BCUT2D eigenvalue weighted by Crippen LogP contribution is -2.11. The summed E-state index contributed by atoms with van der Waals surface area (Å²) < 4.78 is 45.6. The number of anilines is 1. The van der Waals surface area contributed by atoms with Crippen molar-refractivity contribution >= 4 is 26.7 Å². The first kappa shape index (κ1) is 18.0. The monoisotopic (exact) mass is 388 g/mol. The van der Waals surface area contributed by atoms with Crippen LogP contribution < -0.4 is 10.0 Å². The molecule has 5 nitrogen and oxygen atoms in total. The van der Waals surface area contributed by atoms with E-state index in [0.29, 0.717) is 29.5 Å². The van der Waals surface area contributed by atoms with E-state index >= 15 is 0 Å². The van der Waals surface area contributed by atoms with Gasteiger partial charge in [0.2, 0.25) is 10.0 Å². The van der Waals surface area contributed by atoms with Gasteiger partial charge in [-0.2, -0.15) is 0 Å². The Kier molecular flexibility index (Phi) is 4.44. The second kappa shape index (κ2) is 6.65. The Morgan fingerprint density at radius 2 is 1.89 bits per heavy atom. The topological polar surface area (TPSA) is 71.3 Å². The highest BCUT2D eigenvalue weighted by Crippen LogP contribution is 2.46. The number of furan rings is 1. The number of halogens is 1. The quantitative estimate of drug-likeness (QED) is 0.664. The highest BCUT2D eigenvalue weighted by atomic mass is 32.2. The van der Waals surface area contributed by atoms with E-state index in [1.54, 1.807) is 18.2 Å². The van der Waals surface area contributed by atoms with Crippen LogP contribution >= 0.6 is 0 Å². The van der Waals surface area contributed by atoms with Gasteiger partial charge in [-0.15, -0.1) is 0 Å². The molecule has 0 amide bonds. The molecule has 1 aliphatic rings. The summed E-state index contributed by atoms with van der Waals surface area (Å²) in [5, 5.41) is 4.10. The second-order valence-corrected chi connectivity index (χ2v) is 8.78. The van der Waals surface area contributed by atoms with E-state index in [4.69, 9.17) is 4.42 Å². The van der Waals surface area contributed by atoms with Crippen LogP contribution in [0.2, 0.25) is 0 Å². The molecule has 1 aliphatic carbocycles. The molecule has 0 atom stereocenters. The van der Waals surface area contributed by atoms with Crippen molar-refractivity contribution in [3.63, 3.8) is 0 Å². The van der Waals surface area contributed by atoms with Crippen LogP contribution in [0, 0.1) is 5.82 Å². The van der Waals surface area contributed by atoms with Gasteiger partial charge in [-0.1, -0.05) is 0 Å². The standard InChI is InChI=1S/C20H21FN2O3S/c1-22-11-17-16-9-15(12-3-4-12)18(23-27(2,24)25)10-19(16)26-20(17)13-5-7-14(21)8-6-13/h5-10,12,22-23H,3-4,11H2,1-2H3. The Bertz CT molecular complexity index is 1100. The van der Waals surface area contributed by atoms with Crippen molar-refractivity contribution in [2.75, 3.05) is 18.0 Å². The molecule has 4 rings (SSSR count). The Morgan fingerprint density at radius 1 is 1.19 bits per heavy atom. The molecule has 27 heavy (non-hydrogen) atoms. The summed E-state index contributed by atoms with van der Waals surface area (Å²) >= 11 is 0. The third-order valence-electron chi connectivity index (χ3n) is 4.74. The molecular weight excluding hydrogens is 367 g/mol. The highest BCUT2D eigenvalue weighted by molar-refractivity contribution is 7.92. The number of rotatable bonds is 6. The molecule has 1 aromatic heterocycles. The van der Waals surface area contributed by atoms with Crippen molar-refractivity contribution in [1.82, 2.24) is 5.32 Å². The predicted octanol–water partition coefficient (Wildman–Crippen LogP) is 4.21. The van der Waals surface area contributed by atoms with Crippen LogP contribution in [0.15, 0.2) is 40.8 Å². The lowest BCUT2D eigenvalue weighted by atomic mass is 10.0. The predicted molar refractivity (Wildman–Crippen MR) is 105 cm³/mol. The number of hydrogen-bond donors (Lipinski definition) is 2. The molecule has 1 fully saturated rings. The van der Waals surface area contributed by atoms with E-state index in [-0.39, 0.29) is 5.82 Å². The van der Waals surface area contributed by atoms with Gasteiger partial charge in [0.05, 0.1) is 11.9 Å². The summed E-state index contributed by atoms with van der Waals surface area (Å²) in [5.74, 6) is 0.726. The van der Waals surface area contributed by atoms with Gasteiger partial charge >= 0.3 is 0 Å². The van der Waals surface area contributed by atoms with Crippen molar-refractivity contribution in [1.29, 1.82) is 0 Å². The Labute approximate surface area is 157 Å². The van der Waals surface area contributed by atoms with E-state index in [0.717, 1.165) is 41.2 Å². The molecule has 0 bridgehead atoms. The Balaban J connectivity index is 1.92. The zero-order valence-electron chi connectivity index (χ0n) is 15.2. The van der Waals surface area contributed by atoms with Gasteiger partial charge in [-0.05, 0) is 61.7 Å². The SMILES string of the molecule is CNCc1c(-c2ccc(F)cc2)oc2cc(NS(C)(=O)=O)c(C3CC3)cc12. The van der Waals surface area contributed by atoms with Gasteiger partial charge in [0, 0.05) is 29.1 Å². The first-order valence-corrected chi connectivity index (χ1v) is 10.7. The number of hydrogen-bond acceptors (Lipinski definition) is 4. The van der Waals surface area contributed by atoms with Gasteiger partial charge in [-0.3, -0.25) is 4.72 Å². The number of sulfonamides is 1. The summed E-state index contributed by atoms with van der Waals surface area (Å²) in [6.45, 7) is 0.586. The van der Waals surface area contributed by atoms with Gasteiger partial charge in [0.25, 0.3) is 0 Å². The zero-order valence-corrected chi connectivity index (χ0v) is 16.0. The van der Waals surface area contributed by atoms with Gasteiger partial charge in [-0.25, -0.2) is 12.8 Å². The molecule has 2 N–H and O–H groups in total. The summed E-state index contributed by atoms with van der Waals surface area (Å²) in [6, 6.07) is 9.96. The maximum absolute atomic E-state index is 13.3. The zero-order chi connectivity index (χ0) is 19.2. The van der Waals surface area contributed by atoms with Crippen LogP contribution in [0.25, 0.3) is 22.3 Å². The van der Waals surface area contributed by atoms with Crippen LogP contribution in [0.1, 0.15) is 29.9 Å². The lowest BCUT2D eigenvalue weighted by Gasteiger charge is -2.10. The van der Waals surface area contributed by atoms with Crippen molar-refractivity contribution < 1.29 is 17.2 Å². The lowest BCUT2D eigenvalue weighted by molar-refractivity contribution is 0.606. The largest absolute Gasteiger partial charge is 0.456 e. The van der Waals surface area contributed by atoms with Crippen molar-refractivity contribution in [2.24, 2.45) is 0 Å². The minimum Gasteiger partial charge on any atom is -0.456 e. The normalized spacial score (nSPS) is 14.6. The first-order valence-electron chi connectivity index (χ1n) is 8.83. The fraction of sp³-hybridized carbons (Fsp3) is 0.300. The Morgan fingerprint density at radius 3 is 2.48 bits per heavy atom. The number of fused-ring (bicyclic) bond motifs is 1. The highest BCUT2D eigenvalue weighted by Gasteiger charge is 2.29. The molecule has 1 heterocycles. The molecular formula is C20H21FN2O3S. The fourth-order valence-electron chi connectivity index (χ4n) is 3.42. The summed E-state index contributed by atoms with van der Waals surface area (Å²) in [5.41, 5.74) is 3.94. The van der Waals surface area contributed by atoms with Crippen molar-refractivity contribution in [3.05, 3.63) is 53.3 Å². The minimum atomic E-state index is -3.39. The first-order chi connectivity index (χ1) is 12.9. The molecule has 0 radical (unpaired) electrons. The maximum atomic E-state index is 13.3. The number of nitrogens with one attached hydrogen (secondary N) is 2. The molecule has 1 saturated carbocycles. The van der Waals surface area contributed by atoms with Crippen molar-refractivity contribution in [2.45, 2.75) is 25.3 Å². The third kappa shape index (κ3) is 3.70. The van der Waals surface area contributed by atoms with Gasteiger partial charge < -0.3 is 9.73 Å². The molecule has 0 unspecified atom stereocenters. The van der Waals surface area contributed by atoms with Crippen LogP contribution in [0.5, 0.6) is 0 Å².